The minimum atomic E-state index is -1.09. The van der Waals surface area contributed by atoms with E-state index in [9.17, 15) is 14.0 Å². The third kappa shape index (κ3) is 5.93. The number of piperidine rings is 1. The molecule has 6 nitrogen and oxygen atoms in total. The molecule has 1 saturated heterocycles. The molecule has 2 atom stereocenters. The molecule has 162 valence electrons. The number of carbonyl (C=O) groups excluding carboxylic acids is 2. The van der Waals surface area contributed by atoms with E-state index in [1.165, 1.54) is 18.2 Å². The molecule has 2 aromatic carbocycles. The van der Waals surface area contributed by atoms with Crippen LogP contribution in [-0.4, -0.2) is 36.5 Å². The highest BCUT2D eigenvalue weighted by Gasteiger charge is 2.36. The maximum atomic E-state index is 13.2. The first-order valence-corrected chi connectivity index (χ1v) is 9.80. The van der Waals surface area contributed by atoms with Crippen molar-refractivity contribution in [2.45, 2.75) is 25.3 Å². The zero-order chi connectivity index (χ0) is 20.9. The minimum Gasteiger partial charge on any atom is -0.340 e. The first kappa shape index (κ1) is 23.6. The van der Waals surface area contributed by atoms with Gasteiger partial charge in [-0.05, 0) is 49.4 Å². The van der Waals surface area contributed by atoms with Crippen LogP contribution in [0.1, 0.15) is 25.3 Å². The van der Waals surface area contributed by atoms with Crippen LogP contribution in [-0.2, 0) is 10.3 Å². The molecule has 8 heteroatoms. The summed E-state index contributed by atoms with van der Waals surface area (Å²) in [6.45, 7) is 3.36. The van der Waals surface area contributed by atoms with Gasteiger partial charge >= 0.3 is 6.03 Å². The van der Waals surface area contributed by atoms with Gasteiger partial charge in [-0.3, -0.25) is 4.79 Å². The maximum Gasteiger partial charge on any atom is 0.319 e. The number of anilines is 1. The van der Waals surface area contributed by atoms with Crippen LogP contribution < -0.4 is 16.4 Å². The molecule has 1 fully saturated rings. The van der Waals surface area contributed by atoms with Crippen LogP contribution in [0.15, 0.2) is 54.6 Å². The highest BCUT2D eigenvalue weighted by atomic mass is 35.5. The summed E-state index contributed by atoms with van der Waals surface area (Å²) in [5.74, 6) is -0.386. The van der Waals surface area contributed by atoms with Crippen molar-refractivity contribution in [2.75, 3.05) is 25.0 Å². The predicted octanol–water partition coefficient (Wildman–Crippen LogP) is 3.48. The molecule has 30 heavy (non-hydrogen) atoms. The first-order chi connectivity index (χ1) is 13.9. The van der Waals surface area contributed by atoms with Gasteiger partial charge in [-0.15, -0.1) is 12.4 Å². The number of amides is 3. The summed E-state index contributed by atoms with van der Waals surface area (Å²) in [4.78, 5) is 26.9. The van der Waals surface area contributed by atoms with Gasteiger partial charge in [0, 0.05) is 25.3 Å². The fourth-order valence-electron chi connectivity index (χ4n) is 3.63. The summed E-state index contributed by atoms with van der Waals surface area (Å²) < 4.78 is 13.2. The molecule has 0 aliphatic carbocycles. The van der Waals surface area contributed by atoms with Crippen LogP contribution in [0.25, 0.3) is 0 Å². The van der Waals surface area contributed by atoms with Crippen molar-refractivity contribution in [3.05, 3.63) is 66.0 Å². The topological polar surface area (TPSA) is 87.5 Å². The van der Waals surface area contributed by atoms with E-state index in [0.717, 1.165) is 18.4 Å². The number of nitrogens with zero attached hydrogens (tertiary/aromatic N) is 1. The number of hydrogen-bond acceptors (Lipinski definition) is 3. The molecule has 1 heterocycles. The standard InChI is InChI=1S/C22H27FN4O2.ClH/c1-22(24,17-8-3-2-4-9-17)20(28)27-12-6-7-16(15-27)14-25-21(29)26-19-11-5-10-18(23)13-19;/h2-5,8-11,13,16H,6-7,12,14-15,24H2,1H3,(H2,25,26,29);1H. The molecule has 1 aliphatic heterocycles. The lowest BCUT2D eigenvalue weighted by Gasteiger charge is -2.37. The van der Waals surface area contributed by atoms with Gasteiger partial charge in [0.25, 0.3) is 0 Å². The molecule has 0 bridgehead atoms. The fraction of sp³-hybridized carbons (Fsp3) is 0.364. The van der Waals surface area contributed by atoms with Crippen molar-refractivity contribution in [2.24, 2.45) is 11.7 Å². The first-order valence-electron chi connectivity index (χ1n) is 9.80. The Morgan fingerprint density at radius 1 is 1.20 bits per heavy atom. The molecule has 1 aliphatic rings. The number of rotatable bonds is 5. The Hall–Kier alpha value is -2.64. The minimum absolute atomic E-state index is 0. The Labute approximate surface area is 182 Å². The fourth-order valence-corrected chi connectivity index (χ4v) is 3.63. The number of benzene rings is 2. The van der Waals surface area contributed by atoms with Gasteiger partial charge in [-0.1, -0.05) is 36.4 Å². The van der Waals surface area contributed by atoms with Crippen LogP contribution >= 0.6 is 12.4 Å². The normalized spacial score (nSPS) is 18.0. The second-order valence-corrected chi connectivity index (χ2v) is 7.67. The van der Waals surface area contributed by atoms with E-state index < -0.39 is 17.4 Å². The number of hydrogen-bond donors (Lipinski definition) is 3. The quantitative estimate of drug-likeness (QED) is 0.673. The summed E-state index contributed by atoms with van der Waals surface area (Å²) in [7, 11) is 0. The predicted molar refractivity (Wildman–Crippen MR) is 118 cm³/mol. The third-order valence-electron chi connectivity index (χ3n) is 5.26. The molecule has 0 aromatic heterocycles. The van der Waals surface area contributed by atoms with E-state index in [4.69, 9.17) is 5.73 Å². The Kier molecular flexibility index (Phi) is 8.20. The Bertz CT molecular complexity index is 863. The average Bonchev–Trinajstić information content (AvgIpc) is 2.72. The summed E-state index contributed by atoms with van der Waals surface area (Å²) in [6.07, 6.45) is 1.77. The lowest BCUT2D eigenvalue weighted by atomic mass is 9.89. The molecule has 0 radical (unpaired) electrons. The summed E-state index contributed by atoms with van der Waals surface area (Å²) in [5, 5.41) is 5.42. The Morgan fingerprint density at radius 2 is 1.93 bits per heavy atom. The lowest BCUT2D eigenvalue weighted by molar-refractivity contribution is -0.138. The smallest absolute Gasteiger partial charge is 0.319 e. The van der Waals surface area contributed by atoms with Crippen molar-refractivity contribution in [1.82, 2.24) is 10.2 Å². The molecular weight excluding hydrogens is 407 g/mol. The highest BCUT2D eigenvalue weighted by Crippen LogP contribution is 2.24. The molecular formula is C22H28ClFN4O2. The number of halogens is 2. The van der Waals surface area contributed by atoms with Crippen molar-refractivity contribution in [3.63, 3.8) is 0 Å². The lowest BCUT2D eigenvalue weighted by Crippen LogP contribution is -2.54. The Balaban J connectivity index is 0.00000320. The van der Waals surface area contributed by atoms with E-state index >= 15 is 0 Å². The van der Waals surface area contributed by atoms with Crippen LogP contribution in [0.2, 0.25) is 0 Å². The molecule has 0 saturated carbocycles. The van der Waals surface area contributed by atoms with Crippen molar-refractivity contribution < 1.29 is 14.0 Å². The van der Waals surface area contributed by atoms with Gasteiger partial charge in [0.15, 0.2) is 0 Å². The second-order valence-electron chi connectivity index (χ2n) is 7.67. The molecule has 0 spiro atoms. The van der Waals surface area contributed by atoms with Crippen LogP contribution in [0.3, 0.4) is 0 Å². The molecule has 2 unspecified atom stereocenters. The van der Waals surface area contributed by atoms with E-state index in [1.807, 2.05) is 30.3 Å². The average molecular weight is 435 g/mol. The van der Waals surface area contributed by atoms with E-state index in [0.29, 0.717) is 25.3 Å². The second kappa shape index (κ2) is 10.4. The van der Waals surface area contributed by atoms with Gasteiger partial charge < -0.3 is 21.3 Å². The summed E-state index contributed by atoms with van der Waals surface area (Å²) >= 11 is 0. The zero-order valence-corrected chi connectivity index (χ0v) is 17.8. The molecule has 2 aromatic rings. The zero-order valence-electron chi connectivity index (χ0n) is 16.9. The van der Waals surface area contributed by atoms with Gasteiger partial charge in [-0.25, -0.2) is 9.18 Å². The number of urea groups is 1. The van der Waals surface area contributed by atoms with Crippen molar-refractivity contribution in [3.8, 4) is 0 Å². The van der Waals surface area contributed by atoms with Gasteiger partial charge in [0.1, 0.15) is 11.4 Å². The van der Waals surface area contributed by atoms with E-state index in [1.54, 1.807) is 17.9 Å². The van der Waals surface area contributed by atoms with Crippen molar-refractivity contribution in [1.29, 1.82) is 0 Å². The molecule has 4 N–H and O–H groups in total. The Morgan fingerprint density at radius 3 is 2.63 bits per heavy atom. The van der Waals surface area contributed by atoms with Crippen LogP contribution in [0.4, 0.5) is 14.9 Å². The number of carbonyl (C=O) groups is 2. The van der Waals surface area contributed by atoms with Gasteiger partial charge in [0.2, 0.25) is 5.91 Å². The highest BCUT2D eigenvalue weighted by molar-refractivity contribution is 5.89. The van der Waals surface area contributed by atoms with Crippen LogP contribution in [0, 0.1) is 11.7 Å². The number of nitrogens with one attached hydrogen (secondary N) is 2. The van der Waals surface area contributed by atoms with Gasteiger partial charge in [-0.2, -0.15) is 0 Å². The summed E-state index contributed by atoms with van der Waals surface area (Å²) in [6, 6.07) is 14.7. The third-order valence-corrected chi connectivity index (χ3v) is 5.26. The van der Waals surface area contributed by atoms with Gasteiger partial charge in [0.05, 0.1) is 0 Å². The monoisotopic (exact) mass is 434 g/mol. The van der Waals surface area contributed by atoms with Crippen molar-refractivity contribution >= 4 is 30.0 Å². The molecule has 3 rings (SSSR count). The van der Waals surface area contributed by atoms with E-state index in [2.05, 4.69) is 10.6 Å². The summed E-state index contributed by atoms with van der Waals surface area (Å²) in [5.41, 5.74) is 6.46. The largest absolute Gasteiger partial charge is 0.340 e. The number of likely N-dealkylation sites (tertiary alicyclic amines) is 1. The molecule has 3 amide bonds. The maximum absolute atomic E-state index is 13.2. The number of nitrogens with two attached hydrogens (primary N) is 1. The van der Waals surface area contributed by atoms with Crippen LogP contribution in [0.5, 0.6) is 0 Å². The SMILES string of the molecule is CC(N)(C(=O)N1CCCC(CNC(=O)Nc2cccc(F)c2)C1)c1ccccc1.Cl. The van der Waals surface area contributed by atoms with E-state index in [-0.39, 0.29) is 24.2 Å².